The van der Waals surface area contributed by atoms with Crippen LogP contribution in [-0.4, -0.2) is 53.8 Å². The quantitative estimate of drug-likeness (QED) is 0.895. The average Bonchev–Trinajstić information content (AvgIpc) is 2.51. The molecule has 0 aliphatic carbocycles. The van der Waals surface area contributed by atoms with Gasteiger partial charge in [0.15, 0.2) is 0 Å². The number of benzene rings is 1. The number of carbonyl (C=O) groups is 2. The zero-order chi connectivity index (χ0) is 16.9. The maximum Gasteiger partial charge on any atom is 0.410 e. The maximum absolute atomic E-state index is 13.9. The van der Waals surface area contributed by atoms with E-state index in [0.29, 0.717) is 0 Å². The smallest absolute Gasteiger partial charge is 0.410 e. The highest BCUT2D eigenvalue weighted by atomic mass is 19.3. The number of likely N-dealkylation sites (tertiary alicyclic amines) is 1. The van der Waals surface area contributed by atoms with Crippen molar-refractivity contribution in [2.75, 3.05) is 19.7 Å². The summed E-state index contributed by atoms with van der Waals surface area (Å²) in [5.41, 5.74) is 0.757. The van der Waals surface area contributed by atoms with Crippen LogP contribution in [0.25, 0.3) is 0 Å². The number of piperidine rings is 1. The van der Waals surface area contributed by atoms with E-state index in [0.717, 1.165) is 10.5 Å². The predicted octanol–water partition coefficient (Wildman–Crippen LogP) is 2.13. The Morgan fingerprint density at radius 2 is 2.00 bits per heavy atom. The number of amides is 1. The first-order valence-corrected chi connectivity index (χ1v) is 7.05. The predicted molar refractivity (Wildman–Crippen MR) is 75.1 cm³/mol. The first-order valence-electron chi connectivity index (χ1n) is 7.05. The summed E-state index contributed by atoms with van der Waals surface area (Å²) in [6.45, 7) is -1.63. The van der Waals surface area contributed by atoms with Crippen molar-refractivity contribution in [1.29, 1.82) is 0 Å². The zero-order valence-electron chi connectivity index (χ0n) is 12.3. The summed E-state index contributed by atoms with van der Waals surface area (Å²) >= 11 is 0. The van der Waals surface area contributed by atoms with Crippen molar-refractivity contribution in [3.8, 4) is 0 Å². The van der Waals surface area contributed by atoms with E-state index in [-0.39, 0.29) is 19.6 Å². The summed E-state index contributed by atoms with van der Waals surface area (Å²) in [4.78, 5) is 23.2. The van der Waals surface area contributed by atoms with E-state index in [2.05, 4.69) is 4.74 Å². The van der Waals surface area contributed by atoms with Gasteiger partial charge < -0.3 is 19.5 Å². The number of nitrogens with zero attached hydrogens (tertiary/aromatic N) is 1. The molecule has 126 valence electrons. The molecule has 1 aliphatic heterocycles. The third-order valence-corrected chi connectivity index (χ3v) is 3.41. The summed E-state index contributed by atoms with van der Waals surface area (Å²) in [6, 6.07) is 8.89. The number of carboxylic acid groups (broad SMARTS) is 1. The minimum Gasteiger partial charge on any atom is -0.480 e. The number of ether oxygens (including phenoxy) is 2. The van der Waals surface area contributed by atoms with Crippen molar-refractivity contribution < 1.29 is 33.0 Å². The van der Waals surface area contributed by atoms with Crippen molar-refractivity contribution in [1.82, 2.24) is 4.90 Å². The molecule has 6 nitrogen and oxygen atoms in total. The Kier molecular flexibility index (Phi) is 5.49. The summed E-state index contributed by atoms with van der Waals surface area (Å²) < 4.78 is 37.6. The molecule has 1 N–H and O–H groups in total. The van der Waals surface area contributed by atoms with Gasteiger partial charge in [0.25, 0.3) is 5.92 Å². The van der Waals surface area contributed by atoms with Crippen LogP contribution in [0.15, 0.2) is 30.3 Å². The molecule has 1 amide bonds. The molecule has 2 rings (SSSR count). The van der Waals surface area contributed by atoms with E-state index in [1.807, 2.05) is 6.07 Å². The Morgan fingerprint density at radius 1 is 1.30 bits per heavy atom. The monoisotopic (exact) mass is 329 g/mol. The highest BCUT2D eigenvalue weighted by Crippen LogP contribution is 2.30. The van der Waals surface area contributed by atoms with E-state index in [1.54, 1.807) is 24.3 Å². The van der Waals surface area contributed by atoms with Crippen LogP contribution < -0.4 is 0 Å². The second-order valence-corrected chi connectivity index (χ2v) is 5.20. The Balaban J connectivity index is 1.85. The summed E-state index contributed by atoms with van der Waals surface area (Å²) in [5, 5.41) is 8.48. The molecule has 1 aromatic rings. The molecule has 1 fully saturated rings. The minimum absolute atomic E-state index is 0.000682. The van der Waals surface area contributed by atoms with Gasteiger partial charge in [-0.15, -0.1) is 0 Å². The third kappa shape index (κ3) is 4.88. The molecule has 8 heteroatoms. The highest BCUT2D eigenvalue weighted by Gasteiger charge is 2.47. The van der Waals surface area contributed by atoms with Gasteiger partial charge in [-0.1, -0.05) is 30.3 Å². The number of rotatable bonds is 5. The van der Waals surface area contributed by atoms with Gasteiger partial charge in [0.05, 0.1) is 6.54 Å². The van der Waals surface area contributed by atoms with Gasteiger partial charge in [-0.05, 0) is 12.0 Å². The van der Waals surface area contributed by atoms with E-state index in [1.165, 1.54) is 0 Å². The second kappa shape index (κ2) is 7.36. The van der Waals surface area contributed by atoms with Crippen molar-refractivity contribution >= 4 is 12.1 Å². The molecule has 1 aromatic carbocycles. The fraction of sp³-hybridized carbons (Fsp3) is 0.467. The molecule has 1 atom stereocenters. The van der Waals surface area contributed by atoms with E-state index < -0.39 is 37.2 Å². The van der Waals surface area contributed by atoms with Gasteiger partial charge in [0.2, 0.25) is 0 Å². The summed E-state index contributed by atoms with van der Waals surface area (Å²) in [6.07, 6.45) is -2.50. The van der Waals surface area contributed by atoms with Crippen molar-refractivity contribution in [3.63, 3.8) is 0 Å². The summed E-state index contributed by atoms with van der Waals surface area (Å²) in [7, 11) is 0. The SMILES string of the molecule is O=C(O)COC1CCN(C(=O)OCc2ccccc2)CC1(F)F. The van der Waals surface area contributed by atoms with E-state index >= 15 is 0 Å². The van der Waals surface area contributed by atoms with E-state index in [4.69, 9.17) is 9.84 Å². The molecule has 0 aromatic heterocycles. The number of carbonyl (C=O) groups excluding carboxylic acids is 1. The normalized spacial score (nSPS) is 20.1. The topological polar surface area (TPSA) is 76.1 Å². The van der Waals surface area contributed by atoms with Crippen molar-refractivity contribution in [2.45, 2.75) is 25.1 Å². The lowest BCUT2D eigenvalue weighted by molar-refractivity contribution is -0.178. The first-order chi connectivity index (χ1) is 10.9. The van der Waals surface area contributed by atoms with Crippen LogP contribution in [0.3, 0.4) is 0 Å². The van der Waals surface area contributed by atoms with Crippen LogP contribution in [0.4, 0.5) is 13.6 Å². The molecule has 1 unspecified atom stereocenters. The lowest BCUT2D eigenvalue weighted by atomic mass is 10.0. The van der Waals surface area contributed by atoms with Gasteiger partial charge >= 0.3 is 12.1 Å². The van der Waals surface area contributed by atoms with Crippen LogP contribution >= 0.6 is 0 Å². The number of hydrogen-bond acceptors (Lipinski definition) is 4. The van der Waals surface area contributed by atoms with Crippen molar-refractivity contribution in [2.24, 2.45) is 0 Å². The van der Waals surface area contributed by atoms with Crippen LogP contribution in [0, 0.1) is 0 Å². The van der Waals surface area contributed by atoms with Gasteiger partial charge in [-0.25, -0.2) is 18.4 Å². The fourth-order valence-electron chi connectivity index (χ4n) is 2.26. The van der Waals surface area contributed by atoms with E-state index in [9.17, 15) is 18.4 Å². The van der Waals surface area contributed by atoms with Crippen LogP contribution in [0.1, 0.15) is 12.0 Å². The van der Waals surface area contributed by atoms with Gasteiger partial charge in [0, 0.05) is 6.54 Å². The largest absolute Gasteiger partial charge is 0.480 e. The Bertz CT molecular complexity index is 552. The van der Waals surface area contributed by atoms with Crippen LogP contribution in [-0.2, 0) is 20.9 Å². The molecule has 0 bridgehead atoms. The number of hydrogen-bond donors (Lipinski definition) is 1. The van der Waals surface area contributed by atoms with Crippen molar-refractivity contribution in [3.05, 3.63) is 35.9 Å². The molecular weight excluding hydrogens is 312 g/mol. The minimum atomic E-state index is -3.32. The number of aliphatic carboxylic acids is 1. The standard InChI is InChI=1S/C15H17F2NO5/c16-15(17)10-18(7-6-12(15)22-9-13(19)20)14(21)23-8-11-4-2-1-3-5-11/h1-5,12H,6-10H2,(H,19,20). The average molecular weight is 329 g/mol. The molecule has 1 aliphatic rings. The first kappa shape index (κ1) is 17.1. The van der Waals surface area contributed by atoms with Crippen LogP contribution in [0.5, 0.6) is 0 Å². The molecule has 0 saturated carbocycles. The number of halogens is 2. The van der Waals surface area contributed by atoms with Gasteiger partial charge in [-0.3, -0.25) is 0 Å². The molecule has 1 heterocycles. The third-order valence-electron chi connectivity index (χ3n) is 3.41. The highest BCUT2D eigenvalue weighted by molar-refractivity contribution is 5.68. The Labute approximate surface area is 131 Å². The molecular formula is C15H17F2NO5. The Hall–Kier alpha value is -2.22. The zero-order valence-corrected chi connectivity index (χ0v) is 12.3. The van der Waals surface area contributed by atoms with Gasteiger partial charge in [0.1, 0.15) is 19.3 Å². The fourth-order valence-corrected chi connectivity index (χ4v) is 2.26. The second-order valence-electron chi connectivity index (χ2n) is 5.20. The Morgan fingerprint density at radius 3 is 2.61 bits per heavy atom. The molecule has 0 radical (unpaired) electrons. The molecule has 1 saturated heterocycles. The van der Waals surface area contributed by atoms with Gasteiger partial charge in [-0.2, -0.15) is 0 Å². The van der Waals surface area contributed by atoms with Crippen LogP contribution in [0.2, 0.25) is 0 Å². The summed E-state index contributed by atoms with van der Waals surface area (Å²) in [5.74, 6) is -4.63. The molecule has 23 heavy (non-hydrogen) atoms. The number of carboxylic acids is 1. The maximum atomic E-state index is 13.9. The molecule has 0 spiro atoms. The lowest BCUT2D eigenvalue weighted by Gasteiger charge is -2.37. The number of alkyl halides is 2. The lowest BCUT2D eigenvalue weighted by Crippen LogP contribution is -2.54.